The van der Waals surface area contributed by atoms with Crippen molar-refractivity contribution in [2.24, 2.45) is 5.73 Å². The Labute approximate surface area is 126 Å². The highest BCUT2D eigenvalue weighted by Crippen LogP contribution is 2.28. The Morgan fingerprint density at radius 1 is 1.25 bits per heavy atom. The molecule has 106 valence electrons. The molecule has 2 nitrogen and oxygen atoms in total. The van der Waals surface area contributed by atoms with Crippen LogP contribution in [0.5, 0.6) is 5.75 Å². The van der Waals surface area contributed by atoms with Gasteiger partial charge in [-0.3, -0.25) is 0 Å². The van der Waals surface area contributed by atoms with Gasteiger partial charge in [-0.2, -0.15) is 0 Å². The van der Waals surface area contributed by atoms with Crippen molar-refractivity contribution >= 4 is 15.9 Å². The van der Waals surface area contributed by atoms with Crippen molar-refractivity contribution in [3.8, 4) is 5.75 Å². The van der Waals surface area contributed by atoms with Crippen molar-refractivity contribution < 1.29 is 9.13 Å². The van der Waals surface area contributed by atoms with E-state index < -0.39 is 0 Å². The van der Waals surface area contributed by atoms with Crippen molar-refractivity contribution in [3.05, 3.63) is 63.4 Å². The molecule has 0 aliphatic rings. The second kappa shape index (κ2) is 6.37. The Morgan fingerprint density at radius 2 is 2.00 bits per heavy atom. The van der Waals surface area contributed by atoms with Gasteiger partial charge >= 0.3 is 0 Å². The molecular formula is C16H17BrFNO. The summed E-state index contributed by atoms with van der Waals surface area (Å²) >= 11 is 3.19. The molecule has 0 saturated heterocycles. The zero-order valence-electron chi connectivity index (χ0n) is 11.5. The maximum absolute atomic E-state index is 13.2. The molecule has 20 heavy (non-hydrogen) atoms. The minimum atomic E-state index is -0.268. The number of aryl methyl sites for hydroxylation is 1. The number of benzene rings is 2. The second-order valence-corrected chi connectivity index (χ2v) is 5.66. The molecule has 0 fully saturated rings. The van der Waals surface area contributed by atoms with Crippen molar-refractivity contribution in [1.82, 2.24) is 0 Å². The lowest BCUT2D eigenvalue weighted by molar-refractivity contribution is 0.405. The van der Waals surface area contributed by atoms with E-state index in [4.69, 9.17) is 10.5 Å². The number of methoxy groups -OCH3 is 1. The van der Waals surface area contributed by atoms with Gasteiger partial charge in [-0.1, -0.05) is 23.8 Å². The lowest BCUT2D eigenvalue weighted by Gasteiger charge is -2.17. The molecule has 0 heterocycles. The molecule has 0 amide bonds. The van der Waals surface area contributed by atoms with Gasteiger partial charge in [0, 0.05) is 11.6 Å². The van der Waals surface area contributed by atoms with E-state index >= 15 is 0 Å². The number of rotatable bonds is 4. The lowest BCUT2D eigenvalue weighted by atomic mass is 9.97. The highest BCUT2D eigenvalue weighted by atomic mass is 79.9. The van der Waals surface area contributed by atoms with Crippen LogP contribution >= 0.6 is 15.9 Å². The number of nitrogens with two attached hydrogens (primary N) is 1. The molecule has 0 bridgehead atoms. The maximum Gasteiger partial charge on any atom is 0.137 e. The molecule has 0 radical (unpaired) electrons. The van der Waals surface area contributed by atoms with Gasteiger partial charge in [0.15, 0.2) is 0 Å². The van der Waals surface area contributed by atoms with Crippen molar-refractivity contribution in [2.75, 3.05) is 7.11 Å². The lowest BCUT2D eigenvalue weighted by Crippen LogP contribution is -2.14. The van der Waals surface area contributed by atoms with Gasteiger partial charge in [-0.05, 0) is 53.0 Å². The minimum absolute atomic E-state index is 0.192. The monoisotopic (exact) mass is 337 g/mol. The average molecular weight is 338 g/mol. The van der Waals surface area contributed by atoms with Gasteiger partial charge in [0.2, 0.25) is 0 Å². The fraction of sp³-hybridized carbons (Fsp3) is 0.250. The average Bonchev–Trinajstić information content (AvgIpc) is 2.43. The molecule has 0 saturated carbocycles. The van der Waals surface area contributed by atoms with Crippen LogP contribution in [0.4, 0.5) is 4.39 Å². The van der Waals surface area contributed by atoms with Crippen LogP contribution in [-0.4, -0.2) is 7.11 Å². The van der Waals surface area contributed by atoms with E-state index in [1.54, 1.807) is 19.2 Å². The quantitative estimate of drug-likeness (QED) is 0.909. The van der Waals surface area contributed by atoms with Gasteiger partial charge in [-0.25, -0.2) is 4.39 Å². The largest absolute Gasteiger partial charge is 0.496 e. The fourth-order valence-corrected chi connectivity index (χ4v) is 2.60. The summed E-state index contributed by atoms with van der Waals surface area (Å²) in [6.45, 7) is 2.02. The van der Waals surface area contributed by atoms with Crippen molar-refractivity contribution in [1.29, 1.82) is 0 Å². The van der Waals surface area contributed by atoms with Crippen molar-refractivity contribution in [2.45, 2.75) is 19.4 Å². The van der Waals surface area contributed by atoms with Crippen LogP contribution in [0.15, 0.2) is 40.9 Å². The molecule has 2 aromatic carbocycles. The van der Waals surface area contributed by atoms with E-state index in [1.165, 1.54) is 6.07 Å². The molecule has 1 unspecified atom stereocenters. The topological polar surface area (TPSA) is 35.2 Å². The third kappa shape index (κ3) is 3.38. The Bertz CT molecular complexity index is 615. The summed E-state index contributed by atoms with van der Waals surface area (Å²) < 4.78 is 19.0. The molecule has 0 aliphatic carbocycles. The summed E-state index contributed by atoms with van der Waals surface area (Å²) in [5, 5.41) is 0. The van der Waals surface area contributed by atoms with Gasteiger partial charge in [-0.15, -0.1) is 0 Å². The Hall–Kier alpha value is -1.39. The van der Waals surface area contributed by atoms with Crippen molar-refractivity contribution in [3.63, 3.8) is 0 Å². The number of ether oxygens (including phenoxy) is 1. The Morgan fingerprint density at radius 3 is 2.65 bits per heavy atom. The highest BCUT2D eigenvalue weighted by Gasteiger charge is 2.13. The van der Waals surface area contributed by atoms with Crippen LogP contribution < -0.4 is 10.5 Å². The highest BCUT2D eigenvalue weighted by molar-refractivity contribution is 9.10. The van der Waals surface area contributed by atoms with E-state index in [1.807, 2.05) is 25.1 Å². The molecule has 0 spiro atoms. The zero-order chi connectivity index (χ0) is 14.7. The maximum atomic E-state index is 13.2. The number of hydrogen-bond acceptors (Lipinski definition) is 2. The SMILES string of the molecule is COc1ccc(C)cc1C(N)Cc1ccc(F)c(Br)c1. The first-order valence-electron chi connectivity index (χ1n) is 6.35. The smallest absolute Gasteiger partial charge is 0.137 e. The summed E-state index contributed by atoms with van der Waals surface area (Å²) in [5.41, 5.74) is 9.35. The Kier molecular flexibility index (Phi) is 4.78. The first kappa shape index (κ1) is 15.0. The first-order valence-corrected chi connectivity index (χ1v) is 7.14. The Balaban J connectivity index is 2.25. The summed E-state index contributed by atoms with van der Waals surface area (Å²) in [6, 6.07) is 10.7. The third-order valence-electron chi connectivity index (χ3n) is 3.22. The van der Waals surface area contributed by atoms with E-state index in [0.29, 0.717) is 10.9 Å². The number of halogens is 2. The zero-order valence-corrected chi connectivity index (χ0v) is 13.1. The molecule has 4 heteroatoms. The summed E-state index contributed by atoms with van der Waals surface area (Å²) in [5.74, 6) is 0.514. The molecule has 2 aromatic rings. The van der Waals surface area contributed by atoms with Gasteiger partial charge in [0.1, 0.15) is 11.6 Å². The van der Waals surface area contributed by atoms with Crippen LogP contribution in [0, 0.1) is 12.7 Å². The molecule has 2 rings (SSSR count). The van der Waals surface area contributed by atoms with E-state index in [9.17, 15) is 4.39 Å². The van der Waals surface area contributed by atoms with Gasteiger partial charge < -0.3 is 10.5 Å². The summed E-state index contributed by atoms with van der Waals surface area (Å²) in [7, 11) is 1.63. The van der Waals surface area contributed by atoms with Crippen LogP contribution in [-0.2, 0) is 6.42 Å². The fourth-order valence-electron chi connectivity index (χ4n) is 2.17. The van der Waals surface area contributed by atoms with E-state index in [0.717, 1.165) is 22.4 Å². The summed E-state index contributed by atoms with van der Waals surface area (Å²) in [4.78, 5) is 0. The second-order valence-electron chi connectivity index (χ2n) is 4.80. The minimum Gasteiger partial charge on any atom is -0.496 e. The molecule has 0 aliphatic heterocycles. The number of hydrogen-bond donors (Lipinski definition) is 1. The van der Waals surface area contributed by atoms with Crippen LogP contribution in [0.1, 0.15) is 22.7 Å². The standard InChI is InChI=1S/C16H17BrFNO/c1-10-3-6-16(20-2)12(7-10)15(19)9-11-4-5-14(18)13(17)8-11/h3-8,15H,9,19H2,1-2H3. The van der Waals surface area contributed by atoms with E-state index in [2.05, 4.69) is 15.9 Å². The molecular weight excluding hydrogens is 321 g/mol. The van der Waals surface area contributed by atoms with Gasteiger partial charge in [0.25, 0.3) is 0 Å². The van der Waals surface area contributed by atoms with E-state index in [-0.39, 0.29) is 11.9 Å². The predicted octanol–water partition coefficient (Wildman–Crippen LogP) is 4.15. The van der Waals surface area contributed by atoms with Crippen LogP contribution in [0.2, 0.25) is 0 Å². The summed E-state index contributed by atoms with van der Waals surface area (Å²) in [6.07, 6.45) is 0.624. The molecule has 2 N–H and O–H groups in total. The molecule has 1 atom stereocenters. The van der Waals surface area contributed by atoms with Crippen LogP contribution in [0.3, 0.4) is 0 Å². The normalized spacial score (nSPS) is 12.2. The predicted molar refractivity (Wildman–Crippen MR) is 82.5 cm³/mol. The van der Waals surface area contributed by atoms with Crippen LogP contribution in [0.25, 0.3) is 0 Å². The van der Waals surface area contributed by atoms with Gasteiger partial charge in [0.05, 0.1) is 11.6 Å². The molecule has 0 aromatic heterocycles. The first-order chi connectivity index (χ1) is 9.51. The third-order valence-corrected chi connectivity index (χ3v) is 3.83.